The highest BCUT2D eigenvalue weighted by Crippen LogP contribution is 2.36. The number of aromatic nitrogens is 4. The number of hydrogen-bond donors (Lipinski definition) is 0. The van der Waals surface area contributed by atoms with Gasteiger partial charge in [0.25, 0.3) is 0 Å². The summed E-state index contributed by atoms with van der Waals surface area (Å²) in [6.45, 7) is 6.00. The molecule has 0 radical (unpaired) electrons. The van der Waals surface area contributed by atoms with Crippen LogP contribution in [0.15, 0.2) is 159 Å². The Labute approximate surface area is 254 Å². The molecule has 6 aromatic carbocycles. The molecule has 0 unspecified atom stereocenters. The van der Waals surface area contributed by atoms with Crippen molar-refractivity contribution in [2.75, 3.05) is 0 Å². The lowest BCUT2D eigenvalue weighted by molar-refractivity contribution is 1.11. The van der Waals surface area contributed by atoms with Gasteiger partial charge >= 0.3 is 0 Å². The van der Waals surface area contributed by atoms with Crippen molar-refractivity contribution >= 4 is 49.1 Å². The number of hydrogen-bond acceptors (Lipinski definition) is 2. The van der Waals surface area contributed by atoms with Gasteiger partial charge in [0.2, 0.25) is 0 Å². The normalized spacial score (nSPS) is 11.4. The minimum atomic E-state index is 0.841. The van der Waals surface area contributed by atoms with Crippen molar-refractivity contribution < 1.29 is 0 Å². The van der Waals surface area contributed by atoms with Crippen LogP contribution in [0.25, 0.3) is 77.3 Å². The van der Waals surface area contributed by atoms with E-state index in [0.29, 0.717) is 0 Å². The molecule has 0 amide bonds. The van der Waals surface area contributed by atoms with E-state index in [-0.39, 0.29) is 0 Å². The van der Waals surface area contributed by atoms with Gasteiger partial charge in [0, 0.05) is 32.8 Å². The Morgan fingerprint density at radius 1 is 0.409 bits per heavy atom. The molecule has 4 nitrogen and oxygen atoms in total. The Bertz CT molecular complexity index is 2470. The fourth-order valence-electron chi connectivity index (χ4n) is 6.50. The monoisotopic (exact) mass is 564 g/mol. The van der Waals surface area contributed by atoms with E-state index in [1.165, 1.54) is 43.7 Å². The van der Waals surface area contributed by atoms with E-state index in [1.54, 1.807) is 0 Å². The molecule has 0 atom stereocenters. The van der Waals surface area contributed by atoms with E-state index in [4.69, 9.17) is 5.10 Å². The Morgan fingerprint density at radius 3 is 1.73 bits per heavy atom. The SMILES string of the molecule is C=C.c1ccc(-c2ccc3c(c2)c2ccccc2n3-c2ccc(-c3nnc4c5ccccc5c5ccccc5n34)cc2)cc1. The second-order valence-electron chi connectivity index (χ2n) is 10.7. The molecule has 208 valence electrons. The predicted molar refractivity (Wildman–Crippen MR) is 184 cm³/mol. The number of rotatable bonds is 3. The fraction of sp³-hybridized carbons (Fsp3) is 0. The Kier molecular flexibility index (Phi) is 6.05. The van der Waals surface area contributed by atoms with Crippen LogP contribution >= 0.6 is 0 Å². The molecular weight excluding hydrogens is 536 g/mol. The van der Waals surface area contributed by atoms with Crippen LogP contribution in [-0.4, -0.2) is 19.2 Å². The van der Waals surface area contributed by atoms with Crippen LogP contribution < -0.4 is 0 Å². The first kappa shape index (κ1) is 25.7. The Balaban J connectivity index is 0.00000142. The third-order valence-corrected chi connectivity index (χ3v) is 8.43. The molecular formula is C40H28N4. The summed E-state index contributed by atoms with van der Waals surface area (Å²) in [6.07, 6.45) is 0. The number of benzene rings is 6. The summed E-state index contributed by atoms with van der Waals surface area (Å²) in [5, 5.41) is 15.4. The lowest BCUT2D eigenvalue weighted by Crippen LogP contribution is -1.96. The topological polar surface area (TPSA) is 35.1 Å². The first-order valence-corrected chi connectivity index (χ1v) is 14.7. The van der Waals surface area contributed by atoms with Crippen molar-refractivity contribution in [1.29, 1.82) is 0 Å². The molecule has 0 aliphatic rings. The molecule has 9 aromatic rings. The van der Waals surface area contributed by atoms with Crippen LogP contribution in [0.3, 0.4) is 0 Å². The largest absolute Gasteiger partial charge is 0.309 e. The maximum absolute atomic E-state index is 4.70. The molecule has 0 spiro atoms. The van der Waals surface area contributed by atoms with Gasteiger partial charge in [-0.25, -0.2) is 0 Å². The van der Waals surface area contributed by atoms with Gasteiger partial charge in [-0.2, -0.15) is 0 Å². The van der Waals surface area contributed by atoms with Crippen LogP contribution in [0.1, 0.15) is 0 Å². The zero-order chi connectivity index (χ0) is 29.6. The lowest BCUT2D eigenvalue weighted by atomic mass is 10.0. The molecule has 4 heteroatoms. The first-order chi connectivity index (χ1) is 21.8. The first-order valence-electron chi connectivity index (χ1n) is 14.7. The second kappa shape index (κ2) is 10.4. The van der Waals surface area contributed by atoms with Gasteiger partial charge in [0.15, 0.2) is 11.5 Å². The summed E-state index contributed by atoms with van der Waals surface area (Å²) in [5.41, 5.74) is 8.94. The van der Waals surface area contributed by atoms with Crippen molar-refractivity contribution in [3.05, 3.63) is 159 Å². The van der Waals surface area contributed by atoms with Gasteiger partial charge in [-0.1, -0.05) is 97.1 Å². The van der Waals surface area contributed by atoms with Gasteiger partial charge < -0.3 is 4.57 Å². The molecule has 0 saturated carbocycles. The minimum absolute atomic E-state index is 0.841. The van der Waals surface area contributed by atoms with E-state index in [1.807, 2.05) is 0 Å². The van der Waals surface area contributed by atoms with Crippen molar-refractivity contribution in [3.8, 4) is 28.2 Å². The van der Waals surface area contributed by atoms with Crippen molar-refractivity contribution in [2.24, 2.45) is 0 Å². The molecule has 44 heavy (non-hydrogen) atoms. The number of pyridine rings is 1. The van der Waals surface area contributed by atoms with E-state index in [9.17, 15) is 0 Å². The highest BCUT2D eigenvalue weighted by Gasteiger charge is 2.17. The summed E-state index contributed by atoms with van der Waals surface area (Å²) in [7, 11) is 0. The molecule has 0 bridgehead atoms. The average molecular weight is 565 g/mol. The average Bonchev–Trinajstić information content (AvgIpc) is 3.70. The molecule has 9 rings (SSSR count). The Morgan fingerprint density at radius 2 is 0.977 bits per heavy atom. The van der Waals surface area contributed by atoms with Gasteiger partial charge in [-0.15, -0.1) is 23.4 Å². The molecule has 0 fully saturated rings. The van der Waals surface area contributed by atoms with E-state index >= 15 is 0 Å². The molecule has 3 aromatic heterocycles. The van der Waals surface area contributed by atoms with Crippen molar-refractivity contribution in [2.45, 2.75) is 0 Å². The number of para-hydroxylation sites is 2. The van der Waals surface area contributed by atoms with Gasteiger partial charge in [0.1, 0.15) is 0 Å². The summed E-state index contributed by atoms with van der Waals surface area (Å²) >= 11 is 0. The zero-order valence-electron chi connectivity index (χ0n) is 24.1. The molecule has 0 aliphatic heterocycles. The summed E-state index contributed by atoms with van der Waals surface area (Å²) in [5.74, 6) is 0.841. The van der Waals surface area contributed by atoms with Crippen LogP contribution in [0.4, 0.5) is 0 Å². The summed E-state index contributed by atoms with van der Waals surface area (Å²) in [4.78, 5) is 0. The zero-order valence-corrected chi connectivity index (χ0v) is 24.1. The third-order valence-electron chi connectivity index (χ3n) is 8.43. The van der Waals surface area contributed by atoms with Crippen LogP contribution in [0.2, 0.25) is 0 Å². The molecule has 3 heterocycles. The van der Waals surface area contributed by atoms with E-state index < -0.39 is 0 Å². The van der Waals surface area contributed by atoms with Gasteiger partial charge in [-0.3, -0.25) is 4.40 Å². The number of fused-ring (bicyclic) bond motifs is 9. The maximum Gasteiger partial charge on any atom is 0.169 e. The predicted octanol–water partition coefficient (Wildman–Crippen LogP) is 10.3. The summed E-state index contributed by atoms with van der Waals surface area (Å²) < 4.78 is 4.55. The van der Waals surface area contributed by atoms with Crippen LogP contribution in [0.5, 0.6) is 0 Å². The quantitative estimate of drug-likeness (QED) is 0.158. The highest BCUT2D eigenvalue weighted by molar-refractivity contribution is 6.12. The fourth-order valence-corrected chi connectivity index (χ4v) is 6.50. The van der Waals surface area contributed by atoms with Crippen LogP contribution in [-0.2, 0) is 0 Å². The van der Waals surface area contributed by atoms with E-state index in [2.05, 4.69) is 173 Å². The van der Waals surface area contributed by atoms with E-state index in [0.717, 1.165) is 33.6 Å². The maximum atomic E-state index is 4.70. The van der Waals surface area contributed by atoms with Crippen molar-refractivity contribution in [3.63, 3.8) is 0 Å². The second-order valence-corrected chi connectivity index (χ2v) is 10.7. The Hall–Kier alpha value is -6.00. The minimum Gasteiger partial charge on any atom is -0.309 e. The lowest BCUT2D eigenvalue weighted by Gasteiger charge is -2.11. The smallest absolute Gasteiger partial charge is 0.169 e. The van der Waals surface area contributed by atoms with Gasteiger partial charge in [-0.05, 0) is 65.0 Å². The van der Waals surface area contributed by atoms with Gasteiger partial charge in [0.05, 0.1) is 16.6 Å². The third kappa shape index (κ3) is 3.85. The number of nitrogens with zero attached hydrogens (tertiary/aromatic N) is 4. The summed E-state index contributed by atoms with van der Waals surface area (Å²) in [6, 6.07) is 51.6. The van der Waals surface area contributed by atoms with Crippen LogP contribution in [0, 0.1) is 0 Å². The standard InChI is InChI=1S/C38H24N4.C2H4/c1-2-10-25(11-3-1)27-20-23-36-33(24-27)31-14-7-8-16-34(31)41(36)28-21-18-26(19-22-28)37-39-40-38-32-15-5-4-12-29(32)30-13-6-9-17-35(30)42(37)38;1-2/h1-24H;1-2H2. The van der Waals surface area contributed by atoms with Crippen molar-refractivity contribution in [1.82, 2.24) is 19.2 Å². The molecule has 0 saturated heterocycles. The molecule has 0 aliphatic carbocycles. The molecule has 0 N–H and O–H groups in total. The highest BCUT2D eigenvalue weighted by atomic mass is 15.2.